The van der Waals surface area contributed by atoms with E-state index in [2.05, 4.69) is 27.0 Å². The second-order valence-electron chi connectivity index (χ2n) is 6.33. The van der Waals surface area contributed by atoms with E-state index in [-0.39, 0.29) is 0 Å². The van der Waals surface area contributed by atoms with Crippen LogP contribution in [0, 0.1) is 0 Å². The SMILES string of the molecule is Clc1cnc(Oc2ccc3c(c2)CCN(C2CCC2)CC3)cn1. The van der Waals surface area contributed by atoms with Crippen molar-refractivity contribution in [2.75, 3.05) is 13.1 Å². The van der Waals surface area contributed by atoms with Crippen molar-refractivity contribution in [3.63, 3.8) is 0 Å². The van der Waals surface area contributed by atoms with Crippen LogP contribution in [-0.2, 0) is 12.8 Å². The number of halogens is 1. The Morgan fingerprint density at radius 1 is 1.04 bits per heavy atom. The van der Waals surface area contributed by atoms with Gasteiger partial charge >= 0.3 is 0 Å². The summed E-state index contributed by atoms with van der Waals surface area (Å²) < 4.78 is 5.80. The predicted octanol–water partition coefficient (Wildman–Crippen LogP) is 3.88. The van der Waals surface area contributed by atoms with Gasteiger partial charge in [0.05, 0.1) is 12.4 Å². The highest BCUT2D eigenvalue weighted by atomic mass is 35.5. The van der Waals surface area contributed by atoms with Crippen LogP contribution in [0.1, 0.15) is 30.4 Å². The number of benzene rings is 1. The first kappa shape index (κ1) is 14.9. The summed E-state index contributed by atoms with van der Waals surface area (Å²) in [5.41, 5.74) is 2.84. The Morgan fingerprint density at radius 3 is 2.57 bits per heavy atom. The lowest BCUT2D eigenvalue weighted by molar-refractivity contribution is 0.133. The second kappa shape index (κ2) is 6.46. The average molecular weight is 330 g/mol. The van der Waals surface area contributed by atoms with Crippen molar-refractivity contribution in [2.24, 2.45) is 0 Å². The van der Waals surface area contributed by atoms with Gasteiger partial charge in [0.15, 0.2) is 0 Å². The predicted molar refractivity (Wildman–Crippen MR) is 90.2 cm³/mol. The number of rotatable bonds is 3. The Labute approximate surface area is 141 Å². The van der Waals surface area contributed by atoms with Crippen LogP contribution >= 0.6 is 11.6 Å². The highest BCUT2D eigenvalue weighted by Crippen LogP contribution is 2.29. The monoisotopic (exact) mass is 329 g/mol. The maximum atomic E-state index is 5.80. The average Bonchev–Trinajstić information content (AvgIpc) is 2.71. The molecule has 5 heteroatoms. The molecule has 0 spiro atoms. The molecule has 0 bridgehead atoms. The van der Waals surface area contributed by atoms with E-state index in [9.17, 15) is 0 Å². The molecule has 0 N–H and O–H groups in total. The summed E-state index contributed by atoms with van der Waals surface area (Å²) in [5, 5.41) is 0.371. The summed E-state index contributed by atoms with van der Waals surface area (Å²) in [6.45, 7) is 2.34. The van der Waals surface area contributed by atoms with Crippen molar-refractivity contribution in [2.45, 2.75) is 38.1 Å². The zero-order valence-electron chi connectivity index (χ0n) is 13.0. The van der Waals surface area contributed by atoms with E-state index >= 15 is 0 Å². The van der Waals surface area contributed by atoms with Gasteiger partial charge in [0.2, 0.25) is 5.88 Å². The first-order valence-electron chi connectivity index (χ1n) is 8.29. The Hall–Kier alpha value is -1.65. The topological polar surface area (TPSA) is 38.2 Å². The highest BCUT2D eigenvalue weighted by Gasteiger charge is 2.26. The van der Waals surface area contributed by atoms with Crippen LogP contribution in [0.3, 0.4) is 0 Å². The van der Waals surface area contributed by atoms with Crippen LogP contribution < -0.4 is 4.74 Å². The quantitative estimate of drug-likeness (QED) is 0.856. The van der Waals surface area contributed by atoms with Crippen molar-refractivity contribution in [1.82, 2.24) is 14.9 Å². The zero-order chi connectivity index (χ0) is 15.6. The Balaban J connectivity index is 1.48. The van der Waals surface area contributed by atoms with Crippen molar-refractivity contribution < 1.29 is 4.74 Å². The second-order valence-corrected chi connectivity index (χ2v) is 6.72. The van der Waals surface area contributed by atoms with E-state index in [1.807, 2.05) is 6.07 Å². The highest BCUT2D eigenvalue weighted by molar-refractivity contribution is 6.29. The molecule has 2 heterocycles. The number of fused-ring (bicyclic) bond motifs is 1. The van der Waals surface area contributed by atoms with E-state index < -0.39 is 0 Å². The number of hydrogen-bond acceptors (Lipinski definition) is 4. The van der Waals surface area contributed by atoms with Gasteiger partial charge in [-0.3, -0.25) is 4.90 Å². The molecule has 0 unspecified atom stereocenters. The molecule has 0 atom stereocenters. The van der Waals surface area contributed by atoms with Crippen molar-refractivity contribution in [3.05, 3.63) is 46.9 Å². The number of aromatic nitrogens is 2. The molecular formula is C18H20ClN3O. The Kier molecular flexibility index (Phi) is 4.19. The van der Waals surface area contributed by atoms with Gasteiger partial charge in [-0.2, -0.15) is 0 Å². The van der Waals surface area contributed by atoms with Gasteiger partial charge in [-0.1, -0.05) is 24.1 Å². The summed E-state index contributed by atoms with van der Waals surface area (Å²) in [6, 6.07) is 7.19. The fourth-order valence-corrected chi connectivity index (χ4v) is 3.47. The van der Waals surface area contributed by atoms with Crippen molar-refractivity contribution >= 4 is 11.6 Å². The van der Waals surface area contributed by atoms with Gasteiger partial charge < -0.3 is 4.74 Å². The summed E-state index contributed by atoms with van der Waals surface area (Å²) in [7, 11) is 0. The van der Waals surface area contributed by atoms with Crippen LogP contribution in [0.5, 0.6) is 11.6 Å². The van der Waals surface area contributed by atoms with E-state index in [4.69, 9.17) is 16.3 Å². The fourth-order valence-electron chi connectivity index (χ4n) is 3.37. The molecule has 1 aromatic carbocycles. The van der Waals surface area contributed by atoms with E-state index in [0.717, 1.165) is 31.2 Å². The third-order valence-corrected chi connectivity index (χ3v) is 5.12. The van der Waals surface area contributed by atoms with Gasteiger partial charge in [0.1, 0.15) is 10.9 Å². The van der Waals surface area contributed by atoms with Gasteiger partial charge in [0, 0.05) is 19.1 Å². The summed E-state index contributed by atoms with van der Waals surface area (Å²) in [6.07, 6.45) is 9.42. The van der Waals surface area contributed by atoms with E-state index in [1.54, 1.807) is 6.20 Å². The Morgan fingerprint density at radius 2 is 1.87 bits per heavy atom. The lowest BCUT2D eigenvalue weighted by atomic mass is 9.91. The molecule has 2 aliphatic rings. The third-order valence-electron chi connectivity index (χ3n) is 4.92. The van der Waals surface area contributed by atoms with E-state index in [1.165, 1.54) is 43.1 Å². The lowest BCUT2D eigenvalue weighted by Gasteiger charge is -2.36. The lowest BCUT2D eigenvalue weighted by Crippen LogP contribution is -2.41. The summed E-state index contributed by atoms with van der Waals surface area (Å²) in [4.78, 5) is 10.8. The minimum atomic E-state index is 0.371. The largest absolute Gasteiger partial charge is 0.437 e. The minimum Gasteiger partial charge on any atom is -0.437 e. The van der Waals surface area contributed by atoms with Crippen molar-refractivity contribution in [1.29, 1.82) is 0 Å². The summed E-state index contributed by atoms with van der Waals surface area (Å²) >= 11 is 5.75. The first-order valence-corrected chi connectivity index (χ1v) is 8.67. The zero-order valence-corrected chi connectivity index (χ0v) is 13.8. The number of ether oxygens (including phenoxy) is 1. The fraction of sp³-hybridized carbons (Fsp3) is 0.444. The normalized spacial score (nSPS) is 18.8. The maximum Gasteiger partial charge on any atom is 0.237 e. The Bertz CT molecular complexity index is 685. The molecule has 4 nitrogen and oxygen atoms in total. The molecule has 0 radical (unpaired) electrons. The van der Waals surface area contributed by atoms with Crippen LogP contribution in [0.25, 0.3) is 0 Å². The molecule has 2 aromatic rings. The van der Waals surface area contributed by atoms with Crippen LogP contribution in [0.2, 0.25) is 5.15 Å². The maximum absolute atomic E-state index is 5.80. The molecular weight excluding hydrogens is 310 g/mol. The molecule has 0 saturated heterocycles. The molecule has 0 amide bonds. The van der Waals surface area contributed by atoms with Crippen LogP contribution in [0.15, 0.2) is 30.6 Å². The smallest absolute Gasteiger partial charge is 0.237 e. The molecule has 120 valence electrons. The van der Waals surface area contributed by atoms with Crippen LogP contribution in [0.4, 0.5) is 0 Å². The molecule has 1 aromatic heterocycles. The molecule has 4 rings (SSSR count). The van der Waals surface area contributed by atoms with Crippen molar-refractivity contribution in [3.8, 4) is 11.6 Å². The molecule has 1 aliphatic carbocycles. The standard InChI is InChI=1S/C18H20ClN3O/c19-17-11-21-18(12-20-17)23-16-5-4-13-6-8-22(15-2-1-3-15)9-7-14(13)10-16/h4-5,10-12,15H,1-3,6-9H2. The molecule has 1 saturated carbocycles. The first-order chi connectivity index (χ1) is 11.3. The van der Waals surface area contributed by atoms with Gasteiger partial charge in [-0.25, -0.2) is 9.97 Å². The van der Waals surface area contributed by atoms with Crippen LogP contribution in [-0.4, -0.2) is 34.0 Å². The van der Waals surface area contributed by atoms with Gasteiger partial charge in [-0.05, 0) is 48.9 Å². The molecule has 1 fully saturated rings. The molecule has 1 aliphatic heterocycles. The van der Waals surface area contributed by atoms with E-state index in [0.29, 0.717) is 11.0 Å². The number of nitrogens with zero attached hydrogens (tertiary/aromatic N) is 3. The summed E-state index contributed by atoms with van der Waals surface area (Å²) in [5.74, 6) is 1.29. The number of hydrogen-bond donors (Lipinski definition) is 0. The minimum absolute atomic E-state index is 0.371. The molecule has 23 heavy (non-hydrogen) atoms. The van der Waals surface area contributed by atoms with Gasteiger partial charge in [0.25, 0.3) is 0 Å². The van der Waals surface area contributed by atoms with Gasteiger partial charge in [-0.15, -0.1) is 0 Å². The third kappa shape index (κ3) is 3.33.